The number of allylic oxidation sites excluding steroid dienone is 4. The zero-order chi connectivity index (χ0) is 15.6. The third-order valence-electron chi connectivity index (χ3n) is 3.57. The number of nitrogens with zero attached hydrogens (tertiary/aromatic N) is 2. The van der Waals surface area contributed by atoms with Gasteiger partial charge in [0, 0.05) is 25.4 Å². The maximum atomic E-state index is 12.0. The van der Waals surface area contributed by atoms with Crippen molar-refractivity contribution >= 4 is 22.9 Å². The summed E-state index contributed by atoms with van der Waals surface area (Å²) in [6, 6.07) is 8.07. The minimum Gasteiger partial charge on any atom is -0.378 e. The minimum atomic E-state index is 0.101. The molecule has 0 radical (unpaired) electrons. The second-order valence-corrected chi connectivity index (χ2v) is 5.85. The van der Waals surface area contributed by atoms with E-state index in [2.05, 4.69) is 9.89 Å². The highest BCUT2D eigenvalue weighted by molar-refractivity contribution is 6.22. The molecule has 0 saturated heterocycles. The molecule has 3 nitrogen and oxygen atoms in total. The van der Waals surface area contributed by atoms with E-state index in [0.717, 1.165) is 28.2 Å². The fourth-order valence-corrected chi connectivity index (χ4v) is 2.22. The van der Waals surface area contributed by atoms with E-state index in [1.807, 2.05) is 65.2 Å². The second kappa shape index (κ2) is 6.08. The van der Waals surface area contributed by atoms with Crippen LogP contribution in [-0.2, 0) is 4.79 Å². The van der Waals surface area contributed by atoms with Gasteiger partial charge in [0.15, 0.2) is 5.78 Å². The predicted molar refractivity (Wildman–Crippen MR) is 89.5 cm³/mol. The normalized spacial score (nSPS) is 17.0. The lowest BCUT2D eigenvalue weighted by molar-refractivity contribution is -0.111. The number of hydrogen-bond donors (Lipinski definition) is 0. The van der Waals surface area contributed by atoms with Gasteiger partial charge in [-0.1, -0.05) is 13.8 Å². The Balaban J connectivity index is 2.35. The molecule has 1 aliphatic carbocycles. The Morgan fingerprint density at radius 1 is 1.05 bits per heavy atom. The summed E-state index contributed by atoms with van der Waals surface area (Å²) in [5.41, 5.74) is 4.65. The number of carbonyl (C=O) groups excluding carboxylic acids is 1. The lowest BCUT2D eigenvalue weighted by Crippen LogP contribution is -2.15. The molecule has 0 heterocycles. The van der Waals surface area contributed by atoms with Crippen molar-refractivity contribution in [2.75, 3.05) is 19.0 Å². The van der Waals surface area contributed by atoms with Crippen LogP contribution in [0.5, 0.6) is 0 Å². The van der Waals surface area contributed by atoms with Crippen molar-refractivity contribution in [2.24, 2.45) is 10.9 Å². The van der Waals surface area contributed by atoms with Gasteiger partial charge in [-0.15, -0.1) is 0 Å². The molecule has 1 aromatic rings. The Hall–Kier alpha value is -2.16. The highest BCUT2D eigenvalue weighted by atomic mass is 16.1. The van der Waals surface area contributed by atoms with E-state index in [1.54, 1.807) is 6.08 Å². The molecule has 0 spiro atoms. The number of benzene rings is 1. The molecule has 0 aliphatic heterocycles. The number of aliphatic imine (C=N–C) groups is 1. The number of anilines is 1. The third-order valence-corrected chi connectivity index (χ3v) is 3.57. The highest BCUT2D eigenvalue weighted by Crippen LogP contribution is 2.23. The van der Waals surface area contributed by atoms with Gasteiger partial charge in [-0.2, -0.15) is 0 Å². The Bertz CT molecular complexity index is 632. The van der Waals surface area contributed by atoms with Gasteiger partial charge >= 0.3 is 0 Å². The van der Waals surface area contributed by atoms with E-state index in [4.69, 9.17) is 0 Å². The molecule has 1 aliphatic rings. The Kier molecular flexibility index (Phi) is 4.41. The summed E-state index contributed by atoms with van der Waals surface area (Å²) in [4.78, 5) is 18.7. The van der Waals surface area contributed by atoms with Crippen molar-refractivity contribution in [2.45, 2.75) is 20.8 Å². The quantitative estimate of drug-likeness (QED) is 0.787. The first-order valence-corrected chi connectivity index (χ1v) is 7.19. The lowest BCUT2D eigenvalue weighted by Gasteiger charge is -2.15. The van der Waals surface area contributed by atoms with Gasteiger partial charge in [0.05, 0.1) is 11.4 Å². The molecular formula is C18H22N2O. The topological polar surface area (TPSA) is 32.7 Å². The van der Waals surface area contributed by atoms with Gasteiger partial charge < -0.3 is 4.90 Å². The summed E-state index contributed by atoms with van der Waals surface area (Å²) in [7, 11) is 4.02. The maximum Gasteiger partial charge on any atom is 0.182 e. The average molecular weight is 282 g/mol. The Morgan fingerprint density at radius 3 is 2.19 bits per heavy atom. The van der Waals surface area contributed by atoms with Crippen LogP contribution in [0.2, 0.25) is 0 Å². The molecule has 0 saturated carbocycles. The summed E-state index contributed by atoms with van der Waals surface area (Å²) in [6.45, 7) is 5.99. The van der Waals surface area contributed by atoms with Gasteiger partial charge in [0.2, 0.25) is 0 Å². The summed E-state index contributed by atoms with van der Waals surface area (Å²) in [6.07, 6.45) is 3.60. The van der Waals surface area contributed by atoms with Crippen molar-refractivity contribution in [3.63, 3.8) is 0 Å². The number of hydrogen-bond acceptors (Lipinski definition) is 3. The van der Waals surface area contributed by atoms with Crippen molar-refractivity contribution in [3.8, 4) is 0 Å². The smallest absolute Gasteiger partial charge is 0.182 e. The summed E-state index contributed by atoms with van der Waals surface area (Å²) >= 11 is 0. The minimum absolute atomic E-state index is 0.101. The van der Waals surface area contributed by atoms with Crippen LogP contribution < -0.4 is 4.90 Å². The van der Waals surface area contributed by atoms with E-state index in [0.29, 0.717) is 0 Å². The molecule has 0 N–H and O–H groups in total. The largest absolute Gasteiger partial charge is 0.378 e. The molecule has 3 heteroatoms. The molecule has 0 atom stereocenters. The average Bonchev–Trinajstić information content (AvgIpc) is 2.42. The SMILES string of the molecule is CC1=CC(=O)C(C(C)C)=CC1=Nc1ccc(N(C)C)cc1. The van der Waals surface area contributed by atoms with Crippen LogP contribution in [0.4, 0.5) is 11.4 Å². The van der Waals surface area contributed by atoms with Crippen LogP contribution in [0, 0.1) is 5.92 Å². The second-order valence-electron chi connectivity index (χ2n) is 5.85. The van der Waals surface area contributed by atoms with E-state index in [-0.39, 0.29) is 11.7 Å². The monoisotopic (exact) mass is 282 g/mol. The summed E-state index contributed by atoms with van der Waals surface area (Å²) in [5, 5.41) is 0. The van der Waals surface area contributed by atoms with E-state index < -0.39 is 0 Å². The first-order chi connectivity index (χ1) is 9.88. The zero-order valence-corrected chi connectivity index (χ0v) is 13.3. The predicted octanol–water partition coefficient (Wildman–Crippen LogP) is 3.94. The molecule has 0 fully saturated rings. The third kappa shape index (κ3) is 3.48. The zero-order valence-electron chi connectivity index (χ0n) is 13.3. The van der Waals surface area contributed by atoms with E-state index >= 15 is 0 Å². The molecule has 0 amide bonds. The van der Waals surface area contributed by atoms with Gasteiger partial charge in [-0.3, -0.25) is 4.79 Å². The van der Waals surface area contributed by atoms with Crippen LogP contribution >= 0.6 is 0 Å². The molecule has 21 heavy (non-hydrogen) atoms. The maximum absolute atomic E-state index is 12.0. The van der Waals surface area contributed by atoms with Crippen molar-refractivity contribution in [1.29, 1.82) is 0 Å². The van der Waals surface area contributed by atoms with E-state index in [1.165, 1.54) is 0 Å². The Morgan fingerprint density at radius 2 is 1.67 bits per heavy atom. The number of ketones is 1. The number of carbonyl (C=O) groups is 1. The van der Waals surface area contributed by atoms with Crippen molar-refractivity contribution < 1.29 is 4.79 Å². The van der Waals surface area contributed by atoms with Crippen molar-refractivity contribution in [1.82, 2.24) is 0 Å². The molecule has 0 unspecified atom stereocenters. The van der Waals surface area contributed by atoms with Gasteiger partial charge in [-0.25, -0.2) is 4.99 Å². The van der Waals surface area contributed by atoms with E-state index in [9.17, 15) is 4.79 Å². The molecule has 1 aromatic carbocycles. The van der Waals surface area contributed by atoms with Gasteiger partial charge in [0.1, 0.15) is 0 Å². The molecule has 110 valence electrons. The summed E-state index contributed by atoms with van der Waals surface area (Å²) in [5.74, 6) is 0.313. The molecule has 0 aromatic heterocycles. The first-order valence-electron chi connectivity index (χ1n) is 7.19. The van der Waals surface area contributed by atoms with Crippen LogP contribution in [0.1, 0.15) is 20.8 Å². The van der Waals surface area contributed by atoms with Gasteiger partial charge in [-0.05, 0) is 54.8 Å². The molecule has 2 rings (SSSR count). The highest BCUT2D eigenvalue weighted by Gasteiger charge is 2.18. The fraction of sp³-hybridized carbons (Fsp3) is 0.333. The Labute approximate surface area is 126 Å². The lowest BCUT2D eigenvalue weighted by atomic mass is 9.90. The van der Waals surface area contributed by atoms with Crippen LogP contribution in [-0.4, -0.2) is 25.6 Å². The van der Waals surface area contributed by atoms with Gasteiger partial charge in [0.25, 0.3) is 0 Å². The number of rotatable bonds is 3. The van der Waals surface area contributed by atoms with Crippen LogP contribution in [0.25, 0.3) is 0 Å². The van der Waals surface area contributed by atoms with Crippen LogP contribution in [0.3, 0.4) is 0 Å². The van der Waals surface area contributed by atoms with Crippen LogP contribution in [0.15, 0.2) is 52.6 Å². The standard InChI is InChI=1S/C18H22N2O/c1-12(2)16-11-17(13(3)10-18(16)21)19-14-6-8-15(9-7-14)20(4)5/h6-12H,1-5H3. The molecular weight excluding hydrogens is 260 g/mol. The first kappa shape index (κ1) is 15.2. The molecule has 0 bridgehead atoms. The fourth-order valence-electron chi connectivity index (χ4n) is 2.22. The van der Waals surface area contributed by atoms with Crippen molar-refractivity contribution in [3.05, 3.63) is 47.6 Å². The summed E-state index contributed by atoms with van der Waals surface area (Å²) < 4.78 is 0.